The first-order chi connectivity index (χ1) is 29.7. The highest BCUT2D eigenvalue weighted by Crippen LogP contribution is 2.60. The molecule has 5 heteroatoms. The average Bonchev–Trinajstić information content (AvgIpc) is 3.60. The number of rotatable bonds is 10. The number of anilines is 1. The minimum atomic E-state index is -0.601. The van der Waals surface area contributed by atoms with Crippen molar-refractivity contribution in [3.8, 4) is 11.1 Å². The number of nitrogens with zero attached hydrogens (tertiary/aromatic N) is 1. The molecule has 8 rings (SSSR count). The van der Waals surface area contributed by atoms with Gasteiger partial charge in [0.05, 0.1) is 5.41 Å². The van der Waals surface area contributed by atoms with Crippen LogP contribution >= 0.6 is 0 Å². The van der Waals surface area contributed by atoms with Crippen LogP contribution in [0.5, 0.6) is 0 Å². The van der Waals surface area contributed by atoms with Gasteiger partial charge in [-0.15, -0.1) is 0 Å². The first kappa shape index (κ1) is 42.2. The fraction of sp³-hybridized carbons (Fsp3) is 0.179. The summed E-state index contributed by atoms with van der Waals surface area (Å²) in [7, 11) is 0. The standard InChI is InChI=1S/C54H49NO4.C2H6/c1-5-18-48-42(6-2)46-32-31-41(34-49(46)54(48,38-20-10-8-11-21-38)39-22-12-9-13-23-39)55(51(52(58)35(4)56)53(59)50(57)7-3)40-29-27-36(28-30-40)47-33-37-19-14-15-24-43(37)44-25-16-17-26-45(44)47;1-2/h5,7-34,46,49,56-59H,6H2,1-4H3;1-2H3/b18-5-,50-7-,52-35-,53-51-;/t46-,49?;/m1./s1. The average molecular weight is 806 g/mol. The van der Waals surface area contributed by atoms with Gasteiger partial charge >= 0.3 is 0 Å². The zero-order chi connectivity index (χ0) is 43.3. The van der Waals surface area contributed by atoms with Crippen LogP contribution < -0.4 is 4.90 Å². The minimum absolute atomic E-state index is 0.0365. The predicted molar refractivity (Wildman–Crippen MR) is 255 cm³/mol. The Bertz CT molecular complexity index is 2720. The lowest BCUT2D eigenvalue weighted by molar-refractivity contribution is 0.302. The maximum Gasteiger partial charge on any atom is 0.185 e. The molecular weight excluding hydrogens is 751 g/mol. The molecule has 0 bridgehead atoms. The molecule has 5 nitrogen and oxygen atoms in total. The smallest absolute Gasteiger partial charge is 0.185 e. The Morgan fingerprint density at radius 2 is 1.26 bits per heavy atom. The second kappa shape index (κ2) is 18.1. The summed E-state index contributed by atoms with van der Waals surface area (Å²) >= 11 is 0. The molecule has 0 saturated carbocycles. The van der Waals surface area contributed by atoms with Crippen molar-refractivity contribution in [1.82, 2.24) is 0 Å². The van der Waals surface area contributed by atoms with E-state index in [0.29, 0.717) is 11.4 Å². The lowest BCUT2D eigenvalue weighted by Gasteiger charge is -2.41. The fourth-order valence-corrected chi connectivity index (χ4v) is 9.49. The molecule has 2 aliphatic rings. The Balaban J connectivity index is 0.00000277. The number of allylic oxidation sites excluding steroid dienone is 9. The molecule has 0 amide bonds. The van der Waals surface area contributed by atoms with E-state index in [1.54, 1.807) is 11.8 Å². The first-order valence-corrected chi connectivity index (χ1v) is 21.3. The van der Waals surface area contributed by atoms with Crippen molar-refractivity contribution >= 4 is 27.2 Å². The van der Waals surface area contributed by atoms with Gasteiger partial charge in [-0.3, -0.25) is 0 Å². The van der Waals surface area contributed by atoms with Gasteiger partial charge in [-0.2, -0.15) is 0 Å². The summed E-state index contributed by atoms with van der Waals surface area (Å²) in [5.74, 6) is -2.10. The molecule has 6 aromatic carbocycles. The molecule has 0 aromatic heterocycles. The third kappa shape index (κ3) is 7.35. The second-order valence-electron chi connectivity index (χ2n) is 15.2. The van der Waals surface area contributed by atoms with Crippen LogP contribution in [0.4, 0.5) is 5.69 Å². The van der Waals surface area contributed by atoms with Gasteiger partial charge in [0.15, 0.2) is 17.3 Å². The van der Waals surface area contributed by atoms with Crippen LogP contribution in [-0.2, 0) is 5.41 Å². The highest BCUT2D eigenvalue weighted by molar-refractivity contribution is 6.13. The molecule has 2 aliphatic carbocycles. The highest BCUT2D eigenvalue weighted by Gasteiger charge is 2.53. The molecule has 6 aromatic rings. The van der Waals surface area contributed by atoms with E-state index in [1.807, 2.05) is 56.3 Å². The fourth-order valence-electron chi connectivity index (χ4n) is 9.49. The SMILES string of the molecule is C/C=C\C1=C(CC)[C@H]2C=CC(N(C(/C(O)=C(\C)O)=C(O)/C(O)=C/C)c3ccc(-c4cc5ccccc5c5ccccc45)cc3)=CC2C1(c1ccccc1)c1ccccc1.CC. The van der Waals surface area contributed by atoms with Gasteiger partial charge in [0.1, 0.15) is 11.5 Å². The van der Waals surface area contributed by atoms with Gasteiger partial charge in [0.25, 0.3) is 0 Å². The Morgan fingerprint density at radius 3 is 1.84 bits per heavy atom. The van der Waals surface area contributed by atoms with Crippen LogP contribution in [0.25, 0.3) is 32.7 Å². The van der Waals surface area contributed by atoms with Crippen LogP contribution in [0.3, 0.4) is 0 Å². The van der Waals surface area contributed by atoms with E-state index in [-0.39, 0.29) is 17.5 Å². The Hall–Kier alpha value is -6.98. The van der Waals surface area contributed by atoms with E-state index in [1.165, 1.54) is 29.5 Å². The van der Waals surface area contributed by atoms with Crippen molar-refractivity contribution in [2.24, 2.45) is 11.8 Å². The van der Waals surface area contributed by atoms with Crippen molar-refractivity contribution in [2.75, 3.05) is 4.90 Å². The Morgan fingerprint density at radius 1 is 0.689 bits per heavy atom. The maximum absolute atomic E-state index is 11.8. The van der Waals surface area contributed by atoms with E-state index in [0.717, 1.165) is 44.8 Å². The summed E-state index contributed by atoms with van der Waals surface area (Å²) in [5.41, 5.74) is 7.46. The van der Waals surface area contributed by atoms with Crippen LogP contribution in [-0.4, -0.2) is 20.4 Å². The number of hydrogen-bond acceptors (Lipinski definition) is 5. The zero-order valence-electron chi connectivity index (χ0n) is 35.8. The number of aliphatic hydroxyl groups is 4. The largest absolute Gasteiger partial charge is 0.509 e. The molecular formula is C56H55NO4. The van der Waals surface area contributed by atoms with E-state index in [9.17, 15) is 20.4 Å². The molecule has 2 atom stereocenters. The number of fused-ring (bicyclic) bond motifs is 4. The lowest BCUT2D eigenvalue weighted by Crippen LogP contribution is -2.38. The van der Waals surface area contributed by atoms with Crippen molar-refractivity contribution in [1.29, 1.82) is 0 Å². The van der Waals surface area contributed by atoms with Crippen molar-refractivity contribution in [3.05, 3.63) is 233 Å². The van der Waals surface area contributed by atoms with Gasteiger partial charge in [-0.25, -0.2) is 0 Å². The van der Waals surface area contributed by atoms with Gasteiger partial charge in [-0.1, -0.05) is 172 Å². The minimum Gasteiger partial charge on any atom is -0.509 e. The first-order valence-electron chi connectivity index (χ1n) is 21.3. The summed E-state index contributed by atoms with van der Waals surface area (Å²) in [4.78, 5) is 1.74. The summed E-state index contributed by atoms with van der Waals surface area (Å²) in [5, 5.41) is 50.0. The Labute approximate surface area is 360 Å². The molecule has 4 N–H and O–H groups in total. The summed E-state index contributed by atoms with van der Waals surface area (Å²) in [6.45, 7) is 11.2. The van der Waals surface area contributed by atoms with E-state index in [2.05, 4.69) is 141 Å². The van der Waals surface area contributed by atoms with Crippen molar-refractivity contribution in [2.45, 2.75) is 53.4 Å². The molecule has 308 valence electrons. The zero-order valence-corrected chi connectivity index (χ0v) is 35.8. The van der Waals surface area contributed by atoms with Gasteiger partial charge in [0, 0.05) is 23.2 Å². The van der Waals surface area contributed by atoms with Crippen molar-refractivity contribution < 1.29 is 20.4 Å². The molecule has 1 unspecified atom stereocenters. The number of aliphatic hydroxyl groups excluding tert-OH is 4. The van der Waals surface area contributed by atoms with E-state index in [4.69, 9.17) is 0 Å². The van der Waals surface area contributed by atoms with Crippen LogP contribution in [0.2, 0.25) is 0 Å². The third-order valence-electron chi connectivity index (χ3n) is 12.1. The summed E-state index contributed by atoms with van der Waals surface area (Å²) < 4.78 is 0. The van der Waals surface area contributed by atoms with E-state index >= 15 is 0 Å². The molecule has 0 fully saturated rings. The van der Waals surface area contributed by atoms with Crippen LogP contribution in [0.15, 0.2) is 222 Å². The molecule has 0 heterocycles. The van der Waals surface area contributed by atoms with Crippen LogP contribution in [0.1, 0.15) is 59.1 Å². The molecule has 0 spiro atoms. The third-order valence-corrected chi connectivity index (χ3v) is 12.1. The van der Waals surface area contributed by atoms with Crippen LogP contribution in [0, 0.1) is 11.8 Å². The molecule has 0 saturated heterocycles. The van der Waals surface area contributed by atoms with Gasteiger partial charge in [0.2, 0.25) is 0 Å². The second-order valence-corrected chi connectivity index (χ2v) is 15.2. The monoisotopic (exact) mass is 805 g/mol. The van der Waals surface area contributed by atoms with E-state index < -0.39 is 28.5 Å². The summed E-state index contributed by atoms with van der Waals surface area (Å²) in [6.07, 6.45) is 13.1. The maximum atomic E-state index is 11.8. The van der Waals surface area contributed by atoms with Gasteiger partial charge in [-0.05, 0) is 107 Å². The normalized spacial score (nSPS) is 18.0. The lowest BCUT2D eigenvalue weighted by atomic mass is 9.62. The molecule has 61 heavy (non-hydrogen) atoms. The highest BCUT2D eigenvalue weighted by atomic mass is 16.3. The molecule has 0 radical (unpaired) electrons. The summed E-state index contributed by atoms with van der Waals surface area (Å²) in [6, 6.07) is 48.3. The quantitative estimate of drug-likeness (QED) is 0.0630. The predicted octanol–water partition coefficient (Wildman–Crippen LogP) is 15.0. The number of benzene rings is 6. The Kier molecular flexibility index (Phi) is 12.5. The topological polar surface area (TPSA) is 84.2 Å². The van der Waals surface area contributed by atoms with Crippen molar-refractivity contribution in [3.63, 3.8) is 0 Å². The van der Waals surface area contributed by atoms with Gasteiger partial charge < -0.3 is 25.3 Å². The number of hydrogen-bond donors (Lipinski definition) is 4. The molecule has 0 aliphatic heterocycles.